The molecule has 0 atom stereocenters. The van der Waals surface area contributed by atoms with Crippen LogP contribution >= 0.6 is 27.7 Å². The Hall–Kier alpha value is -3.56. The predicted molar refractivity (Wildman–Crippen MR) is 150 cm³/mol. The van der Waals surface area contributed by atoms with Crippen molar-refractivity contribution in [2.24, 2.45) is 0 Å². The molecule has 0 radical (unpaired) electrons. The third kappa shape index (κ3) is 6.85. The Morgan fingerprint density at radius 3 is 2.45 bits per heavy atom. The monoisotopic (exact) mass is 595 g/mol. The average Bonchev–Trinajstić information content (AvgIpc) is 3.16. The maximum atomic E-state index is 13.0. The highest BCUT2D eigenvalue weighted by atomic mass is 79.9. The number of carbonyl (C=O) groups excluding carboxylic acids is 2. The molecule has 0 aromatic heterocycles. The van der Waals surface area contributed by atoms with Crippen LogP contribution in [0.25, 0.3) is 6.08 Å². The van der Waals surface area contributed by atoms with E-state index in [1.807, 2.05) is 37.3 Å². The summed E-state index contributed by atoms with van der Waals surface area (Å²) in [5.41, 5.74) is 2.86. The number of aromatic carboxylic acids is 1. The molecular formula is C29H26BrNO6S. The minimum absolute atomic E-state index is 0.204. The summed E-state index contributed by atoms with van der Waals surface area (Å²) in [6.07, 6.45) is 3.17. The number of carboxylic acid groups (broad SMARTS) is 1. The molecule has 196 valence electrons. The highest BCUT2D eigenvalue weighted by molar-refractivity contribution is 9.10. The minimum atomic E-state index is -0.987. The van der Waals surface area contributed by atoms with E-state index in [9.17, 15) is 14.4 Å². The van der Waals surface area contributed by atoms with E-state index in [1.165, 1.54) is 22.6 Å². The second kappa shape index (κ2) is 12.8. The van der Waals surface area contributed by atoms with Crippen LogP contribution in [0.1, 0.15) is 40.4 Å². The molecule has 1 N–H and O–H groups in total. The van der Waals surface area contributed by atoms with Gasteiger partial charge >= 0.3 is 5.97 Å². The largest absolute Gasteiger partial charge is 0.490 e. The van der Waals surface area contributed by atoms with Crippen LogP contribution in [0, 0.1) is 0 Å². The zero-order valence-corrected chi connectivity index (χ0v) is 23.1. The smallest absolute Gasteiger partial charge is 0.335 e. The van der Waals surface area contributed by atoms with E-state index in [0.717, 1.165) is 23.7 Å². The lowest BCUT2D eigenvalue weighted by atomic mass is 10.1. The number of carbonyl (C=O) groups is 3. The summed E-state index contributed by atoms with van der Waals surface area (Å²) in [4.78, 5) is 38.2. The summed E-state index contributed by atoms with van der Waals surface area (Å²) in [6.45, 7) is 2.83. The Kier molecular flexibility index (Phi) is 9.25. The van der Waals surface area contributed by atoms with Gasteiger partial charge in [0, 0.05) is 6.54 Å². The number of rotatable bonds is 11. The van der Waals surface area contributed by atoms with Gasteiger partial charge in [-0.05, 0) is 94.5 Å². The van der Waals surface area contributed by atoms with E-state index >= 15 is 0 Å². The molecule has 9 heteroatoms. The minimum Gasteiger partial charge on any atom is -0.490 e. The normalized spacial score (nSPS) is 14.3. The molecule has 3 aromatic rings. The molecule has 0 spiro atoms. The van der Waals surface area contributed by atoms with Crippen molar-refractivity contribution in [2.45, 2.75) is 26.4 Å². The molecule has 0 bridgehead atoms. The van der Waals surface area contributed by atoms with Gasteiger partial charge in [-0.3, -0.25) is 14.5 Å². The van der Waals surface area contributed by atoms with Gasteiger partial charge in [-0.25, -0.2) is 4.79 Å². The third-order valence-corrected chi connectivity index (χ3v) is 7.27. The van der Waals surface area contributed by atoms with Gasteiger partial charge in [-0.2, -0.15) is 0 Å². The van der Waals surface area contributed by atoms with Crippen molar-refractivity contribution >= 4 is 50.9 Å². The van der Waals surface area contributed by atoms with Crippen molar-refractivity contribution in [3.63, 3.8) is 0 Å². The Morgan fingerprint density at radius 1 is 1.03 bits per heavy atom. The number of halogens is 1. The number of nitrogens with zero attached hydrogens (tertiary/aromatic N) is 1. The van der Waals surface area contributed by atoms with Gasteiger partial charge in [0.15, 0.2) is 11.5 Å². The molecule has 0 aliphatic carbocycles. The van der Waals surface area contributed by atoms with Crippen molar-refractivity contribution < 1.29 is 29.0 Å². The maximum absolute atomic E-state index is 13.0. The Morgan fingerprint density at radius 2 is 1.76 bits per heavy atom. The fourth-order valence-corrected chi connectivity index (χ4v) is 5.34. The Labute approximate surface area is 233 Å². The number of hydrogen-bond acceptors (Lipinski definition) is 6. The van der Waals surface area contributed by atoms with E-state index in [-0.39, 0.29) is 23.3 Å². The van der Waals surface area contributed by atoms with E-state index in [4.69, 9.17) is 14.6 Å². The third-order valence-electron chi connectivity index (χ3n) is 5.78. The lowest BCUT2D eigenvalue weighted by Crippen LogP contribution is -2.29. The zero-order valence-electron chi connectivity index (χ0n) is 20.7. The maximum Gasteiger partial charge on any atom is 0.335 e. The molecule has 2 amide bonds. The van der Waals surface area contributed by atoms with Crippen molar-refractivity contribution in [1.82, 2.24) is 4.90 Å². The van der Waals surface area contributed by atoms with Crippen LogP contribution < -0.4 is 9.47 Å². The summed E-state index contributed by atoms with van der Waals surface area (Å²) in [7, 11) is 0. The Balaban J connectivity index is 1.45. The van der Waals surface area contributed by atoms with E-state index in [1.54, 1.807) is 30.3 Å². The highest BCUT2D eigenvalue weighted by Crippen LogP contribution is 2.39. The quantitative estimate of drug-likeness (QED) is 0.244. The van der Waals surface area contributed by atoms with Crippen molar-refractivity contribution in [1.29, 1.82) is 0 Å². The van der Waals surface area contributed by atoms with Crippen LogP contribution in [-0.2, 0) is 17.8 Å². The van der Waals surface area contributed by atoms with E-state index < -0.39 is 5.97 Å². The molecule has 1 heterocycles. The first-order valence-electron chi connectivity index (χ1n) is 12.1. The standard InChI is InChI=1S/C29H26BrNO6S/c1-2-36-24-16-21(15-23(30)26(24)37-18-20-10-12-22(13-11-20)28(33)34)17-25-27(32)31(29(35)38-25)14-6-9-19-7-4-3-5-8-19/h3-5,7-8,10-13,15-17H,2,6,9,14,18H2,1H3,(H,33,34)/b25-17+. The molecule has 0 unspecified atom stereocenters. The first-order chi connectivity index (χ1) is 18.4. The number of imide groups is 1. The average molecular weight is 596 g/mol. The second-order valence-corrected chi connectivity index (χ2v) is 10.3. The highest BCUT2D eigenvalue weighted by Gasteiger charge is 2.34. The number of ether oxygens (including phenoxy) is 2. The van der Waals surface area contributed by atoms with Gasteiger partial charge < -0.3 is 14.6 Å². The van der Waals surface area contributed by atoms with Gasteiger partial charge in [0.25, 0.3) is 11.1 Å². The van der Waals surface area contributed by atoms with E-state index in [0.29, 0.717) is 46.0 Å². The molecule has 0 saturated carbocycles. The number of carboxylic acids is 1. The fourth-order valence-electron chi connectivity index (χ4n) is 3.90. The molecule has 4 rings (SSSR count). The van der Waals surface area contributed by atoms with Crippen LogP contribution in [0.15, 0.2) is 76.1 Å². The lowest BCUT2D eigenvalue weighted by molar-refractivity contribution is -0.122. The summed E-state index contributed by atoms with van der Waals surface area (Å²) in [5.74, 6) is -0.315. The molecular weight excluding hydrogens is 570 g/mol. The summed E-state index contributed by atoms with van der Waals surface area (Å²) >= 11 is 4.47. The summed E-state index contributed by atoms with van der Waals surface area (Å²) in [5, 5.41) is 8.80. The van der Waals surface area contributed by atoms with Crippen LogP contribution in [0.3, 0.4) is 0 Å². The topological polar surface area (TPSA) is 93.1 Å². The van der Waals surface area contributed by atoms with Crippen LogP contribution in [0.5, 0.6) is 11.5 Å². The summed E-state index contributed by atoms with van der Waals surface area (Å²) in [6, 6.07) is 20.0. The first kappa shape index (κ1) is 27.5. The lowest BCUT2D eigenvalue weighted by Gasteiger charge is -2.15. The molecule has 1 aliphatic rings. The molecule has 1 fully saturated rings. The molecule has 1 aliphatic heterocycles. The number of benzene rings is 3. The number of aryl methyl sites for hydroxylation is 1. The SMILES string of the molecule is CCOc1cc(/C=C2/SC(=O)N(CCCc3ccccc3)C2=O)cc(Br)c1OCc1ccc(C(=O)O)cc1. The molecule has 38 heavy (non-hydrogen) atoms. The first-order valence-corrected chi connectivity index (χ1v) is 13.7. The van der Waals surface area contributed by atoms with Crippen LogP contribution in [-0.4, -0.2) is 40.3 Å². The van der Waals surface area contributed by atoms with Crippen LogP contribution in [0.2, 0.25) is 0 Å². The van der Waals surface area contributed by atoms with Gasteiger partial charge in [0.2, 0.25) is 0 Å². The molecule has 7 nitrogen and oxygen atoms in total. The van der Waals surface area contributed by atoms with E-state index in [2.05, 4.69) is 15.9 Å². The number of hydrogen-bond donors (Lipinski definition) is 1. The Bertz CT molecular complexity index is 1360. The van der Waals surface area contributed by atoms with Gasteiger partial charge in [-0.15, -0.1) is 0 Å². The number of amides is 2. The van der Waals surface area contributed by atoms with Gasteiger partial charge in [0.05, 0.1) is 21.5 Å². The summed E-state index contributed by atoms with van der Waals surface area (Å²) < 4.78 is 12.4. The van der Waals surface area contributed by atoms with Crippen molar-refractivity contribution in [3.8, 4) is 11.5 Å². The predicted octanol–water partition coefficient (Wildman–Crippen LogP) is 6.79. The fraction of sp³-hybridized carbons (Fsp3) is 0.207. The van der Waals surface area contributed by atoms with Gasteiger partial charge in [-0.1, -0.05) is 42.5 Å². The van der Waals surface area contributed by atoms with Crippen molar-refractivity contribution in [2.75, 3.05) is 13.2 Å². The molecule has 3 aromatic carbocycles. The van der Waals surface area contributed by atoms with Crippen molar-refractivity contribution in [3.05, 3.63) is 98.4 Å². The zero-order chi connectivity index (χ0) is 27.1. The van der Waals surface area contributed by atoms with Gasteiger partial charge in [0.1, 0.15) is 6.61 Å². The number of thioether (sulfide) groups is 1. The molecule has 1 saturated heterocycles. The van der Waals surface area contributed by atoms with Crippen LogP contribution in [0.4, 0.5) is 4.79 Å². The second-order valence-electron chi connectivity index (χ2n) is 8.48.